The largest absolute Gasteiger partial charge is 0.456 e. The molecule has 0 aliphatic heterocycles. The Kier molecular flexibility index (Phi) is 6.02. The predicted molar refractivity (Wildman–Crippen MR) is 187 cm³/mol. The third kappa shape index (κ3) is 4.21. The summed E-state index contributed by atoms with van der Waals surface area (Å²) in [5, 5.41) is 6.40. The molecule has 5 aromatic carbocycles. The Morgan fingerprint density at radius 1 is 0.413 bits per heavy atom. The smallest absolute Gasteiger partial charge is 0.172 e. The van der Waals surface area contributed by atoms with Crippen LogP contribution >= 0.6 is 7.14 Å². The third-order valence-electron chi connectivity index (χ3n) is 8.74. The first-order valence-corrected chi connectivity index (χ1v) is 16.8. The average molecular weight is 613 g/mol. The number of hydrogen-bond acceptors (Lipinski definition) is 5. The highest BCUT2D eigenvalue weighted by Crippen LogP contribution is 2.43. The van der Waals surface area contributed by atoms with Crippen molar-refractivity contribution in [1.29, 1.82) is 0 Å². The van der Waals surface area contributed by atoms with Crippen molar-refractivity contribution in [2.24, 2.45) is 0 Å². The summed E-state index contributed by atoms with van der Waals surface area (Å²) >= 11 is 0. The zero-order valence-electron chi connectivity index (χ0n) is 24.5. The highest BCUT2D eigenvalue weighted by molar-refractivity contribution is 7.85. The van der Waals surface area contributed by atoms with Crippen LogP contribution in [0.1, 0.15) is 0 Å². The highest BCUT2D eigenvalue weighted by atomic mass is 31.2. The number of fused-ring (bicyclic) bond motifs is 6. The Labute approximate surface area is 264 Å². The average Bonchev–Trinajstić information content (AvgIpc) is 3.69. The SMILES string of the molecule is O=P(c1ccccc1)(c1ccccc1)c1cncc(-c2ccc3oc4ccc(-c5ccc6oc7cnccc7c6c5)cc4c3c2)c1. The minimum absolute atomic E-state index is 0.694. The van der Waals surface area contributed by atoms with Gasteiger partial charge in [-0.05, 0) is 65.2 Å². The van der Waals surface area contributed by atoms with Crippen molar-refractivity contribution < 1.29 is 13.4 Å². The van der Waals surface area contributed by atoms with E-state index in [0.29, 0.717) is 5.30 Å². The summed E-state index contributed by atoms with van der Waals surface area (Å²) in [6.45, 7) is 0. The van der Waals surface area contributed by atoms with Crippen LogP contribution in [-0.4, -0.2) is 9.97 Å². The molecule has 6 heteroatoms. The van der Waals surface area contributed by atoms with Gasteiger partial charge in [0.15, 0.2) is 12.7 Å². The van der Waals surface area contributed by atoms with Crippen LogP contribution in [0.3, 0.4) is 0 Å². The van der Waals surface area contributed by atoms with E-state index in [9.17, 15) is 4.57 Å². The fraction of sp³-hybridized carbons (Fsp3) is 0. The van der Waals surface area contributed by atoms with Crippen molar-refractivity contribution in [1.82, 2.24) is 9.97 Å². The molecule has 9 aromatic rings. The molecule has 0 aliphatic rings. The van der Waals surface area contributed by atoms with Gasteiger partial charge in [-0.1, -0.05) is 78.9 Å². The second kappa shape index (κ2) is 10.4. The molecule has 218 valence electrons. The monoisotopic (exact) mass is 612 g/mol. The van der Waals surface area contributed by atoms with Crippen molar-refractivity contribution in [3.05, 3.63) is 152 Å². The van der Waals surface area contributed by atoms with Crippen LogP contribution in [0, 0.1) is 0 Å². The first-order chi connectivity index (χ1) is 22.6. The van der Waals surface area contributed by atoms with Gasteiger partial charge >= 0.3 is 0 Å². The summed E-state index contributed by atoms with van der Waals surface area (Å²) in [5.74, 6) is 0. The van der Waals surface area contributed by atoms with Gasteiger partial charge in [-0.25, -0.2) is 0 Å². The minimum Gasteiger partial charge on any atom is -0.456 e. The summed E-state index contributed by atoms with van der Waals surface area (Å²) in [6.07, 6.45) is 7.11. The lowest BCUT2D eigenvalue weighted by Gasteiger charge is -2.20. The summed E-state index contributed by atoms with van der Waals surface area (Å²) in [4.78, 5) is 8.79. The molecule has 46 heavy (non-hydrogen) atoms. The molecule has 4 aromatic heterocycles. The normalized spacial score (nSPS) is 12.0. The van der Waals surface area contributed by atoms with Gasteiger partial charge in [0.05, 0.1) is 6.20 Å². The van der Waals surface area contributed by atoms with Gasteiger partial charge in [0, 0.05) is 61.6 Å². The van der Waals surface area contributed by atoms with Gasteiger partial charge < -0.3 is 13.4 Å². The predicted octanol–water partition coefficient (Wildman–Crippen LogP) is 9.25. The van der Waals surface area contributed by atoms with E-state index in [1.807, 2.05) is 103 Å². The van der Waals surface area contributed by atoms with Gasteiger partial charge in [-0.15, -0.1) is 0 Å². The third-order valence-corrected chi connectivity index (χ3v) is 11.8. The van der Waals surface area contributed by atoms with E-state index in [1.54, 1.807) is 18.6 Å². The Morgan fingerprint density at radius 3 is 1.52 bits per heavy atom. The van der Waals surface area contributed by atoms with Crippen LogP contribution in [-0.2, 0) is 4.57 Å². The van der Waals surface area contributed by atoms with E-state index >= 15 is 0 Å². The zero-order valence-corrected chi connectivity index (χ0v) is 25.4. The molecule has 0 N–H and O–H groups in total. The molecule has 5 nitrogen and oxygen atoms in total. The maximum atomic E-state index is 15.0. The molecule has 4 heterocycles. The molecule has 0 saturated carbocycles. The number of aromatic nitrogens is 2. The van der Waals surface area contributed by atoms with Gasteiger partial charge in [0.25, 0.3) is 0 Å². The molecule has 0 amide bonds. The van der Waals surface area contributed by atoms with Gasteiger partial charge in [0.1, 0.15) is 16.7 Å². The van der Waals surface area contributed by atoms with Crippen LogP contribution in [0.4, 0.5) is 0 Å². The lowest BCUT2D eigenvalue weighted by molar-refractivity contribution is 0.592. The van der Waals surface area contributed by atoms with E-state index in [0.717, 1.165) is 76.7 Å². The lowest BCUT2D eigenvalue weighted by Crippen LogP contribution is -2.25. The number of benzene rings is 5. The van der Waals surface area contributed by atoms with E-state index in [2.05, 4.69) is 40.3 Å². The standard InChI is InChI=1S/C40H25N2O3P/c43-46(30-7-3-1-4-8-30,31-9-5-2-6-10-31)32-19-29(23-42-24-32)28-13-16-39-36(22-28)35-21-27(12-15-38(35)44-39)26-11-14-37-34(20-26)33-17-18-41-25-40(33)45-37/h1-25H. The molecule has 9 rings (SSSR count). The van der Waals surface area contributed by atoms with Gasteiger partial charge in [-0.3, -0.25) is 9.97 Å². The molecule has 0 saturated heterocycles. The second-order valence-corrected chi connectivity index (χ2v) is 14.2. The molecular formula is C40H25N2O3P. The van der Waals surface area contributed by atoms with Crippen LogP contribution in [0.15, 0.2) is 161 Å². The maximum absolute atomic E-state index is 15.0. The first kappa shape index (κ1) is 26.6. The molecule has 0 spiro atoms. The summed E-state index contributed by atoms with van der Waals surface area (Å²) < 4.78 is 27.2. The fourth-order valence-electron chi connectivity index (χ4n) is 6.43. The van der Waals surface area contributed by atoms with Crippen molar-refractivity contribution in [2.45, 2.75) is 0 Å². The zero-order chi connectivity index (χ0) is 30.7. The van der Waals surface area contributed by atoms with Crippen LogP contribution < -0.4 is 15.9 Å². The summed E-state index contributed by atoms with van der Waals surface area (Å²) in [7, 11) is -3.16. The molecule has 0 atom stereocenters. The van der Waals surface area contributed by atoms with E-state index in [-0.39, 0.29) is 0 Å². The molecule has 0 unspecified atom stereocenters. The number of nitrogens with zero attached hydrogens (tertiary/aromatic N) is 2. The number of hydrogen-bond donors (Lipinski definition) is 0. The van der Waals surface area contributed by atoms with Crippen molar-refractivity contribution >= 4 is 66.9 Å². The summed E-state index contributed by atoms with van der Waals surface area (Å²) in [6, 6.07) is 42.1. The highest BCUT2D eigenvalue weighted by Gasteiger charge is 2.30. The lowest BCUT2D eigenvalue weighted by atomic mass is 9.99. The van der Waals surface area contributed by atoms with E-state index < -0.39 is 7.14 Å². The first-order valence-electron chi connectivity index (χ1n) is 15.1. The second-order valence-electron chi connectivity index (χ2n) is 11.4. The van der Waals surface area contributed by atoms with Crippen LogP contribution in [0.2, 0.25) is 0 Å². The van der Waals surface area contributed by atoms with Crippen molar-refractivity contribution in [3.8, 4) is 22.3 Å². The quantitative estimate of drug-likeness (QED) is 0.181. The summed E-state index contributed by atoms with van der Waals surface area (Å²) in [5.41, 5.74) is 7.29. The fourth-order valence-corrected chi connectivity index (χ4v) is 9.06. The maximum Gasteiger partial charge on any atom is 0.172 e. The Morgan fingerprint density at radius 2 is 0.935 bits per heavy atom. The number of furan rings is 2. The molecule has 0 fully saturated rings. The molecule has 0 aliphatic carbocycles. The Balaban J connectivity index is 1.16. The molecule has 0 radical (unpaired) electrons. The van der Waals surface area contributed by atoms with E-state index in [4.69, 9.17) is 8.83 Å². The van der Waals surface area contributed by atoms with Crippen molar-refractivity contribution in [3.63, 3.8) is 0 Å². The number of pyridine rings is 2. The minimum atomic E-state index is -3.16. The molecular weight excluding hydrogens is 587 g/mol. The molecule has 0 bridgehead atoms. The number of rotatable bonds is 5. The van der Waals surface area contributed by atoms with Gasteiger partial charge in [-0.2, -0.15) is 0 Å². The topological polar surface area (TPSA) is 69.1 Å². The van der Waals surface area contributed by atoms with Crippen molar-refractivity contribution in [2.75, 3.05) is 0 Å². The van der Waals surface area contributed by atoms with Crippen LogP contribution in [0.25, 0.3) is 66.1 Å². The van der Waals surface area contributed by atoms with Crippen LogP contribution in [0.5, 0.6) is 0 Å². The van der Waals surface area contributed by atoms with E-state index in [1.165, 1.54) is 0 Å². The van der Waals surface area contributed by atoms with Gasteiger partial charge in [0.2, 0.25) is 0 Å². The Bertz CT molecular complexity index is 2580. The Hall–Kier alpha value is -5.77.